The molecule has 3 amide bonds. The first-order valence-corrected chi connectivity index (χ1v) is 15.1. The van der Waals surface area contributed by atoms with Crippen LogP contribution in [0.25, 0.3) is 0 Å². The number of sulfonamides is 1. The minimum Gasteiger partial charge on any atom is -0.467 e. The van der Waals surface area contributed by atoms with Gasteiger partial charge in [-0.1, -0.05) is 61.5 Å². The number of amides is 3. The van der Waals surface area contributed by atoms with Gasteiger partial charge in [0.2, 0.25) is 5.91 Å². The van der Waals surface area contributed by atoms with Crippen molar-refractivity contribution >= 4 is 27.9 Å². The molecule has 1 aromatic heterocycles. The molecular formula is C28H47N5O6S. The van der Waals surface area contributed by atoms with Crippen LogP contribution in [0.15, 0.2) is 29.4 Å². The molecule has 0 aromatic carbocycles. The van der Waals surface area contributed by atoms with Gasteiger partial charge in [0.25, 0.3) is 10.0 Å². The van der Waals surface area contributed by atoms with Crippen LogP contribution in [0.2, 0.25) is 0 Å². The zero-order valence-corrected chi connectivity index (χ0v) is 26.3. The van der Waals surface area contributed by atoms with Gasteiger partial charge < -0.3 is 20.3 Å². The second-order valence-corrected chi connectivity index (χ2v) is 15.1. The Balaban J connectivity index is 2.26. The number of carbonyl (C=O) groups is 3. The highest BCUT2D eigenvalue weighted by molar-refractivity contribution is 7.89. The van der Waals surface area contributed by atoms with E-state index >= 15 is 0 Å². The second kappa shape index (κ2) is 12.8. The van der Waals surface area contributed by atoms with E-state index in [1.807, 2.05) is 41.5 Å². The average Bonchev–Trinajstić information content (AvgIpc) is 3.31. The highest BCUT2D eigenvalue weighted by atomic mass is 32.2. The normalized spacial score (nSPS) is 19.9. The van der Waals surface area contributed by atoms with Crippen molar-refractivity contribution < 1.29 is 27.5 Å². The minimum absolute atomic E-state index is 0.0173. The fourth-order valence-corrected chi connectivity index (χ4v) is 5.76. The maximum atomic E-state index is 13.9. The molecule has 12 heteroatoms. The number of likely N-dealkylation sites (N-methyl/N-ethyl adjacent to an activating group) is 1. The number of pyridine rings is 1. The number of nitrogens with zero attached hydrogens (tertiary/aromatic N) is 3. The molecule has 2 heterocycles. The van der Waals surface area contributed by atoms with Crippen LogP contribution in [0, 0.1) is 22.7 Å². The van der Waals surface area contributed by atoms with E-state index in [9.17, 15) is 22.8 Å². The first-order chi connectivity index (χ1) is 18.3. The van der Waals surface area contributed by atoms with Gasteiger partial charge >= 0.3 is 12.0 Å². The van der Waals surface area contributed by atoms with Gasteiger partial charge in [0, 0.05) is 32.4 Å². The number of rotatable bonds is 9. The summed E-state index contributed by atoms with van der Waals surface area (Å²) >= 11 is 0. The van der Waals surface area contributed by atoms with E-state index in [1.54, 1.807) is 12.1 Å². The van der Waals surface area contributed by atoms with Crippen LogP contribution < -0.4 is 10.6 Å². The lowest BCUT2D eigenvalue weighted by molar-refractivity contribution is -0.152. The van der Waals surface area contributed by atoms with Crippen molar-refractivity contribution in [3.8, 4) is 0 Å². The van der Waals surface area contributed by atoms with Crippen molar-refractivity contribution in [1.29, 1.82) is 0 Å². The predicted octanol–water partition coefficient (Wildman–Crippen LogP) is 2.88. The molecule has 226 valence electrons. The maximum Gasteiger partial charge on any atom is 0.328 e. The Morgan fingerprint density at radius 3 is 2.20 bits per heavy atom. The number of hydrogen-bond donors (Lipinski definition) is 2. The Morgan fingerprint density at radius 1 is 1.10 bits per heavy atom. The molecule has 40 heavy (non-hydrogen) atoms. The molecule has 4 atom stereocenters. The van der Waals surface area contributed by atoms with Gasteiger partial charge in [0.05, 0.1) is 7.11 Å². The summed E-state index contributed by atoms with van der Waals surface area (Å²) in [6.45, 7) is 15.7. The van der Waals surface area contributed by atoms with Crippen molar-refractivity contribution in [1.82, 2.24) is 24.8 Å². The number of ether oxygens (including phenoxy) is 1. The molecular weight excluding hydrogens is 534 g/mol. The smallest absolute Gasteiger partial charge is 0.328 e. The van der Waals surface area contributed by atoms with Gasteiger partial charge in [-0.05, 0) is 41.2 Å². The summed E-state index contributed by atoms with van der Waals surface area (Å²) in [5, 5.41) is 5.64. The Morgan fingerprint density at radius 2 is 1.73 bits per heavy atom. The first-order valence-electron chi connectivity index (χ1n) is 13.6. The number of hydrogen-bond acceptors (Lipinski definition) is 7. The number of methoxy groups -OCH3 is 1. The Bertz CT molecular complexity index is 1140. The van der Waals surface area contributed by atoms with E-state index in [-0.39, 0.29) is 29.3 Å². The largest absolute Gasteiger partial charge is 0.467 e. The maximum absolute atomic E-state index is 13.9. The second-order valence-electron chi connectivity index (χ2n) is 13.1. The molecule has 1 aromatic rings. The highest BCUT2D eigenvalue weighted by Crippen LogP contribution is 2.32. The van der Waals surface area contributed by atoms with Crippen LogP contribution in [0.4, 0.5) is 4.79 Å². The molecule has 2 rings (SSSR count). The number of likely N-dealkylation sites (tertiary alicyclic amines) is 1. The molecule has 2 N–H and O–H groups in total. The van der Waals surface area contributed by atoms with Gasteiger partial charge in [0.1, 0.15) is 12.1 Å². The third kappa shape index (κ3) is 8.15. The van der Waals surface area contributed by atoms with Gasteiger partial charge in [-0.3, -0.25) is 4.79 Å². The van der Waals surface area contributed by atoms with Crippen LogP contribution in [-0.2, 0) is 24.3 Å². The summed E-state index contributed by atoms with van der Waals surface area (Å²) in [4.78, 5) is 45.3. The molecule has 0 unspecified atom stereocenters. The Hall–Kier alpha value is -2.73. The molecule has 1 fully saturated rings. The fourth-order valence-electron chi connectivity index (χ4n) is 4.65. The van der Waals surface area contributed by atoms with Crippen molar-refractivity contribution in [3.05, 3.63) is 24.4 Å². The highest BCUT2D eigenvalue weighted by Gasteiger charge is 2.46. The summed E-state index contributed by atoms with van der Waals surface area (Å²) in [7, 11) is -1.14. The van der Waals surface area contributed by atoms with E-state index in [0.717, 1.165) is 4.31 Å². The monoisotopic (exact) mass is 581 g/mol. The fraction of sp³-hybridized carbons (Fsp3) is 0.714. The lowest BCUT2D eigenvalue weighted by Gasteiger charge is -2.37. The number of urea groups is 1. The number of esters is 1. The molecule has 0 bridgehead atoms. The van der Waals surface area contributed by atoms with Gasteiger partial charge in [-0.2, -0.15) is 4.31 Å². The number of nitrogens with one attached hydrogen (secondary N) is 2. The van der Waals surface area contributed by atoms with E-state index in [2.05, 4.69) is 29.5 Å². The Labute approximate surface area is 239 Å². The van der Waals surface area contributed by atoms with E-state index < -0.39 is 51.0 Å². The molecule has 0 saturated carbocycles. The topological polar surface area (TPSA) is 138 Å². The summed E-state index contributed by atoms with van der Waals surface area (Å²) < 4.78 is 32.3. The minimum atomic E-state index is -3.88. The van der Waals surface area contributed by atoms with Crippen molar-refractivity contribution in [2.75, 3.05) is 27.2 Å². The first kappa shape index (κ1) is 33.5. The van der Waals surface area contributed by atoms with Crippen molar-refractivity contribution in [2.45, 2.75) is 85.0 Å². The lowest BCUT2D eigenvalue weighted by atomic mass is 9.85. The van der Waals surface area contributed by atoms with Crippen LogP contribution in [-0.4, -0.2) is 85.9 Å². The lowest BCUT2D eigenvalue weighted by Crippen LogP contribution is -2.61. The molecule has 0 aliphatic carbocycles. The van der Waals surface area contributed by atoms with Gasteiger partial charge in [-0.25, -0.2) is 23.0 Å². The van der Waals surface area contributed by atoms with Gasteiger partial charge in [0.15, 0.2) is 5.03 Å². The van der Waals surface area contributed by atoms with E-state index in [1.165, 1.54) is 31.3 Å². The van der Waals surface area contributed by atoms with Crippen molar-refractivity contribution in [3.63, 3.8) is 0 Å². The van der Waals surface area contributed by atoms with Crippen molar-refractivity contribution in [2.24, 2.45) is 22.7 Å². The standard InChI is InChI=1S/C28H47N5O6S/c1-18(2)19-15-20(25(35)39-10)33(16-19)24(34)23(28(6,7)8)31-26(36)30-21(27(3,4)5)17-32(9)40(37,38)22-13-11-12-14-29-22/h11-14,18-21,23H,15-17H2,1-10H3,(H2,30,31,36)/t19-,20+,21-,23-/m1/s1. The quantitative estimate of drug-likeness (QED) is 0.428. The van der Waals surface area contributed by atoms with Crippen LogP contribution in [0.3, 0.4) is 0 Å². The third-order valence-electron chi connectivity index (χ3n) is 7.52. The molecule has 1 aliphatic rings. The Kier molecular flexibility index (Phi) is 10.7. The summed E-state index contributed by atoms with van der Waals surface area (Å²) in [5.74, 6) is -0.438. The molecule has 1 aliphatic heterocycles. The number of carbonyl (C=O) groups excluding carboxylic acids is 3. The number of aromatic nitrogens is 1. The van der Waals surface area contributed by atoms with E-state index in [4.69, 9.17) is 4.74 Å². The zero-order chi connectivity index (χ0) is 30.6. The molecule has 0 radical (unpaired) electrons. The van der Waals surface area contributed by atoms with Gasteiger partial charge in [-0.15, -0.1) is 0 Å². The zero-order valence-electron chi connectivity index (χ0n) is 25.5. The van der Waals surface area contributed by atoms with E-state index in [0.29, 0.717) is 13.0 Å². The SMILES string of the molecule is COC(=O)[C@@H]1C[C@@H](C(C)C)CN1C(=O)[C@@H](NC(=O)N[C@H](CN(C)S(=O)(=O)c1ccccn1)C(C)(C)C)C(C)(C)C. The predicted molar refractivity (Wildman–Crippen MR) is 153 cm³/mol. The molecule has 0 spiro atoms. The van der Waals surface area contributed by atoms with Crippen LogP contribution in [0.1, 0.15) is 61.8 Å². The van der Waals surface area contributed by atoms with Crippen LogP contribution >= 0.6 is 0 Å². The summed E-state index contributed by atoms with van der Waals surface area (Å²) in [6, 6.07) is 1.78. The molecule has 11 nitrogen and oxygen atoms in total. The average molecular weight is 582 g/mol. The summed E-state index contributed by atoms with van der Waals surface area (Å²) in [5.41, 5.74) is -1.21. The summed E-state index contributed by atoms with van der Waals surface area (Å²) in [6.07, 6.45) is 1.91. The van der Waals surface area contributed by atoms with Crippen LogP contribution in [0.5, 0.6) is 0 Å². The third-order valence-corrected chi connectivity index (χ3v) is 9.26. The molecule has 1 saturated heterocycles.